The van der Waals surface area contributed by atoms with Crippen LogP contribution in [0, 0.1) is 5.82 Å². The maximum Gasteiger partial charge on any atom is 0.191 e. The molecule has 0 N–H and O–H groups in total. The largest absolute Gasteiger partial charge is 0.301 e. The second-order valence-electron chi connectivity index (χ2n) is 8.74. The van der Waals surface area contributed by atoms with Crippen molar-refractivity contribution in [2.75, 3.05) is 13.1 Å². The lowest BCUT2D eigenvalue weighted by molar-refractivity contribution is 0.200. The summed E-state index contributed by atoms with van der Waals surface area (Å²) in [4.78, 5) is 6.67. The molecule has 0 radical (unpaired) electrons. The number of hydrogen-bond donors (Lipinski definition) is 0. The monoisotopic (exact) mass is 473 g/mol. The first-order valence-electron chi connectivity index (χ1n) is 11.7. The SMILES string of the molecule is Fc1ccc(CN2CCC(c3nnc(SCc4cccnc4)n3Cc3ccccc3)CC2)cc1. The molecular formula is C27H28FN5S. The lowest BCUT2D eigenvalue weighted by Gasteiger charge is -2.31. The summed E-state index contributed by atoms with van der Waals surface area (Å²) in [5.41, 5.74) is 3.58. The Morgan fingerprint density at radius 3 is 2.29 bits per heavy atom. The number of benzene rings is 2. The second-order valence-corrected chi connectivity index (χ2v) is 9.68. The fourth-order valence-corrected chi connectivity index (χ4v) is 5.33. The molecule has 1 saturated heterocycles. The van der Waals surface area contributed by atoms with Crippen molar-refractivity contribution in [3.63, 3.8) is 0 Å². The third-order valence-electron chi connectivity index (χ3n) is 6.29. The van der Waals surface area contributed by atoms with Gasteiger partial charge >= 0.3 is 0 Å². The number of thioether (sulfide) groups is 1. The molecule has 1 aliphatic heterocycles. The molecule has 2 aromatic carbocycles. The van der Waals surface area contributed by atoms with E-state index in [9.17, 15) is 4.39 Å². The lowest BCUT2D eigenvalue weighted by atomic mass is 9.95. The topological polar surface area (TPSA) is 46.8 Å². The molecule has 5 nitrogen and oxygen atoms in total. The summed E-state index contributed by atoms with van der Waals surface area (Å²) in [6.45, 7) is 3.63. The summed E-state index contributed by atoms with van der Waals surface area (Å²) in [5.74, 6) is 2.10. The molecule has 174 valence electrons. The summed E-state index contributed by atoms with van der Waals surface area (Å²) in [6, 6.07) is 21.4. The van der Waals surface area contributed by atoms with Crippen LogP contribution < -0.4 is 0 Å². The van der Waals surface area contributed by atoms with Crippen molar-refractivity contribution in [2.45, 2.75) is 42.8 Å². The molecule has 34 heavy (non-hydrogen) atoms. The van der Waals surface area contributed by atoms with Gasteiger partial charge in [-0.3, -0.25) is 9.88 Å². The van der Waals surface area contributed by atoms with Gasteiger partial charge in [-0.05, 0) is 60.8 Å². The Kier molecular flexibility index (Phi) is 7.31. The van der Waals surface area contributed by atoms with E-state index < -0.39 is 0 Å². The van der Waals surface area contributed by atoms with Crippen LogP contribution in [0.15, 0.2) is 84.3 Å². The summed E-state index contributed by atoms with van der Waals surface area (Å²) >= 11 is 1.72. The van der Waals surface area contributed by atoms with E-state index in [1.807, 2.05) is 30.5 Å². The number of likely N-dealkylation sites (tertiary alicyclic amines) is 1. The highest BCUT2D eigenvalue weighted by Gasteiger charge is 2.26. The Labute approximate surface area is 204 Å². The summed E-state index contributed by atoms with van der Waals surface area (Å²) in [5, 5.41) is 10.2. The number of hydrogen-bond acceptors (Lipinski definition) is 5. The van der Waals surface area contributed by atoms with Crippen molar-refractivity contribution in [2.24, 2.45) is 0 Å². The van der Waals surface area contributed by atoms with Crippen LogP contribution in [-0.4, -0.2) is 37.7 Å². The number of piperidine rings is 1. The third kappa shape index (κ3) is 5.72. The highest BCUT2D eigenvalue weighted by atomic mass is 32.2. The molecule has 0 aliphatic carbocycles. The Bertz CT molecular complexity index is 1170. The molecule has 1 fully saturated rings. The van der Waals surface area contributed by atoms with Crippen molar-refractivity contribution >= 4 is 11.8 Å². The minimum Gasteiger partial charge on any atom is -0.301 e. The molecule has 3 heterocycles. The molecule has 0 bridgehead atoms. The number of pyridine rings is 1. The van der Waals surface area contributed by atoms with E-state index in [1.165, 1.54) is 11.1 Å². The molecule has 1 aliphatic rings. The first-order valence-corrected chi connectivity index (χ1v) is 12.7. The molecule has 0 atom stereocenters. The predicted octanol–water partition coefficient (Wildman–Crippen LogP) is 5.53. The first kappa shape index (κ1) is 22.7. The Balaban J connectivity index is 1.29. The van der Waals surface area contributed by atoms with E-state index in [-0.39, 0.29) is 5.82 Å². The molecule has 2 aromatic heterocycles. The van der Waals surface area contributed by atoms with Crippen molar-refractivity contribution in [1.82, 2.24) is 24.6 Å². The minimum atomic E-state index is -0.183. The number of nitrogens with zero attached hydrogens (tertiary/aromatic N) is 5. The fraction of sp³-hybridized carbons (Fsp3) is 0.296. The average Bonchev–Trinajstić information content (AvgIpc) is 3.28. The van der Waals surface area contributed by atoms with Crippen LogP contribution in [0.4, 0.5) is 4.39 Å². The normalized spacial score (nSPS) is 15.0. The Morgan fingerprint density at radius 2 is 1.56 bits per heavy atom. The van der Waals surface area contributed by atoms with Gasteiger partial charge in [0.05, 0.1) is 6.54 Å². The highest BCUT2D eigenvalue weighted by molar-refractivity contribution is 7.98. The molecule has 5 rings (SSSR count). The second kappa shape index (κ2) is 10.9. The van der Waals surface area contributed by atoms with Crippen molar-refractivity contribution in [1.29, 1.82) is 0 Å². The lowest BCUT2D eigenvalue weighted by Crippen LogP contribution is -2.33. The molecule has 7 heteroatoms. The molecule has 0 amide bonds. The van der Waals surface area contributed by atoms with Gasteiger partial charge in [0.2, 0.25) is 0 Å². The molecule has 0 spiro atoms. The van der Waals surface area contributed by atoms with Crippen LogP contribution in [0.3, 0.4) is 0 Å². The quantitative estimate of drug-likeness (QED) is 0.315. The number of aromatic nitrogens is 4. The smallest absolute Gasteiger partial charge is 0.191 e. The van der Waals surface area contributed by atoms with Crippen molar-refractivity contribution < 1.29 is 4.39 Å². The Morgan fingerprint density at radius 1 is 0.824 bits per heavy atom. The molecular weight excluding hydrogens is 445 g/mol. The van der Waals surface area contributed by atoms with Gasteiger partial charge in [0, 0.05) is 30.6 Å². The maximum absolute atomic E-state index is 13.2. The van der Waals surface area contributed by atoms with E-state index in [0.29, 0.717) is 5.92 Å². The number of rotatable bonds is 8. The van der Waals surface area contributed by atoms with E-state index >= 15 is 0 Å². The van der Waals surface area contributed by atoms with Gasteiger partial charge in [-0.25, -0.2) is 4.39 Å². The van der Waals surface area contributed by atoms with E-state index in [4.69, 9.17) is 0 Å². The minimum absolute atomic E-state index is 0.183. The average molecular weight is 474 g/mol. The van der Waals surface area contributed by atoms with Gasteiger partial charge in [0.15, 0.2) is 5.16 Å². The van der Waals surface area contributed by atoms with Crippen molar-refractivity contribution in [3.05, 3.63) is 107 Å². The summed E-state index contributed by atoms with van der Waals surface area (Å²) in [7, 11) is 0. The van der Waals surface area contributed by atoms with Crippen LogP contribution in [0.5, 0.6) is 0 Å². The standard InChI is InChI=1S/C27H28FN5S/c28-25-10-8-22(9-11-25)18-32-15-12-24(13-16-32)26-30-31-27(34-20-23-7-4-14-29-17-23)33(26)19-21-5-2-1-3-6-21/h1-11,14,17,24H,12-13,15-16,18-20H2. The van der Waals surface area contributed by atoms with Gasteiger partial charge in [-0.2, -0.15) is 0 Å². The third-order valence-corrected chi connectivity index (χ3v) is 7.33. The summed E-state index contributed by atoms with van der Waals surface area (Å²) < 4.78 is 15.5. The van der Waals surface area contributed by atoms with E-state index in [1.54, 1.807) is 30.1 Å². The zero-order chi connectivity index (χ0) is 23.2. The maximum atomic E-state index is 13.2. The van der Waals surface area contributed by atoms with Gasteiger partial charge < -0.3 is 4.57 Å². The Hall–Kier alpha value is -3.03. The zero-order valence-electron chi connectivity index (χ0n) is 19.1. The summed E-state index contributed by atoms with van der Waals surface area (Å²) in [6.07, 6.45) is 5.79. The van der Waals surface area contributed by atoms with Gasteiger partial charge in [-0.1, -0.05) is 60.3 Å². The zero-order valence-corrected chi connectivity index (χ0v) is 19.9. The van der Waals surface area contributed by atoms with E-state index in [2.05, 4.69) is 55.0 Å². The van der Waals surface area contributed by atoms with Crippen LogP contribution in [0.2, 0.25) is 0 Å². The highest BCUT2D eigenvalue weighted by Crippen LogP contribution is 2.31. The van der Waals surface area contributed by atoms with Crippen LogP contribution >= 0.6 is 11.8 Å². The van der Waals surface area contributed by atoms with Crippen molar-refractivity contribution in [3.8, 4) is 0 Å². The van der Waals surface area contributed by atoms with Crippen LogP contribution in [0.1, 0.15) is 41.3 Å². The first-order chi connectivity index (χ1) is 16.7. The molecule has 0 saturated carbocycles. The van der Waals surface area contributed by atoms with Gasteiger partial charge in [-0.15, -0.1) is 10.2 Å². The van der Waals surface area contributed by atoms with Crippen LogP contribution in [-0.2, 0) is 18.8 Å². The molecule has 0 unspecified atom stereocenters. The van der Waals surface area contributed by atoms with Gasteiger partial charge in [0.1, 0.15) is 11.6 Å². The number of halogens is 1. The fourth-order valence-electron chi connectivity index (χ4n) is 4.45. The van der Waals surface area contributed by atoms with Crippen LogP contribution in [0.25, 0.3) is 0 Å². The van der Waals surface area contributed by atoms with E-state index in [0.717, 1.165) is 61.3 Å². The van der Waals surface area contributed by atoms with Gasteiger partial charge in [0.25, 0.3) is 0 Å². The predicted molar refractivity (Wildman–Crippen MR) is 133 cm³/mol. The molecule has 4 aromatic rings.